The SMILES string of the molecule is COCC(N)CN1CCC(CN(C)C)CC1. The first-order chi connectivity index (χ1) is 7.61. The van der Waals surface area contributed by atoms with Crippen LogP contribution in [-0.2, 0) is 4.74 Å². The molecule has 0 bridgehead atoms. The lowest BCUT2D eigenvalue weighted by atomic mass is 9.96. The highest BCUT2D eigenvalue weighted by Gasteiger charge is 2.20. The van der Waals surface area contributed by atoms with Gasteiger partial charge < -0.3 is 20.3 Å². The molecule has 4 nitrogen and oxygen atoms in total. The predicted octanol–water partition coefficient (Wildman–Crippen LogP) is 0.234. The quantitative estimate of drug-likeness (QED) is 0.708. The molecule has 1 atom stereocenters. The zero-order valence-electron chi connectivity index (χ0n) is 11.0. The minimum Gasteiger partial charge on any atom is -0.383 e. The van der Waals surface area contributed by atoms with Gasteiger partial charge in [0.1, 0.15) is 0 Å². The summed E-state index contributed by atoms with van der Waals surface area (Å²) < 4.78 is 5.06. The lowest BCUT2D eigenvalue weighted by molar-refractivity contribution is 0.124. The second-order valence-corrected chi connectivity index (χ2v) is 5.22. The van der Waals surface area contributed by atoms with E-state index in [1.54, 1.807) is 7.11 Å². The number of nitrogens with two attached hydrogens (primary N) is 1. The van der Waals surface area contributed by atoms with E-state index in [-0.39, 0.29) is 6.04 Å². The first kappa shape index (κ1) is 13.9. The average molecular weight is 229 g/mol. The van der Waals surface area contributed by atoms with E-state index < -0.39 is 0 Å². The summed E-state index contributed by atoms with van der Waals surface area (Å²) in [6, 6.07) is 0.162. The summed E-state index contributed by atoms with van der Waals surface area (Å²) in [7, 11) is 6.02. The predicted molar refractivity (Wildman–Crippen MR) is 67.6 cm³/mol. The van der Waals surface area contributed by atoms with Gasteiger partial charge in [-0.2, -0.15) is 0 Å². The number of methoxy groups -OCH3 is 1. The molecule has 2 N–H and O–H groups in total. The normalized spacial score (nSPS) is 21.6. The van der Waals surface area contributed by atoms with E-state index >= 15 is 0 Å². The zero-order valence-corrected chi connectivity index (χ0v) is 11.0. The lowest BCUT2D eigenvalue weighted by Crippen LogP contribution is -2.44. The van der Waals surface area contributed by atoms with Crippen molar-refractivity contribution in [3.05, 3.63) is 0 Å². The van der Waals surface area contributed by atoms with Crippen molar-refractivity contribution in [1.29, 1.82) is 0 Å². The number of hydrogen-bond acceptors (Lipinski definition) is 4. The summed E-state index contributed by atoms with van der Waals surface area (Å²) in [5.41, 5.74) is 5.96. The zero-order chi connectivity index (χ0) is 12.0. The highest BCUT2D eigenvalue weighted by atomic mass is 16.5. The highest BCUT2D eigenvalue weighted by Crippen LogP contribution is 2.17. The van der Waals surface area contributed by atoms with Crippen molar-refractivity contribution in [2.24, 2.45) is 11.7 Å². The van der Waals surface area contributed by atoms with Crippen molar-refractivity contribution in [3.8, 4) is 0 Å². The van der Waals surface area contributed by atoms with Gasteiger partial charge in [-0.25, -0.2) is 0 Å². The Morgan fingerprint density at radius 3 is 2.50 bits per heavy atom. The van der Waals surface area contributed by atoms with Gasteiger partial charge in [0, 0.05) is 26.2 Å². The Hall–Kier alpha value is -0.160. The summed E-state index contributed by atoms with van der Waals surface area (Å²) in [5, 5.41) is 0. The molecule has 1 aliphatic rings. The molecular formula is C12H27N3O. The summed E-state index contributed by atoms with van der Waals surface area (Å²) >= 11 is 0. The fourth-order valence-electron chi connectivity index (χ4n) is 2.47. The molecule has 0 aromatic carbocycles. The molecule has 16 heavy (non-hydrogen) atoms. The van der Waals surface area contributed by atoms with Gasteiger partial charge in [0.05, 0.1) is 6.61 Å². The van der Waals surface area contributed by atoms with Crippen molar-refractivity contribution < 1.29 is 4.74 Å². The fourth-order valence-corrected chi connectivity index (χ4v) is 2.47. The molecule has 4 heteroatoms. The number of nitrogens with zero attached hydrogens (tertiary/aromatic N) is 2. The molecule has 0 saturated carbocycles. The lowest BCUT2D eigenvalue weighted by Gasteiger charge is -2.34. The monoisotopic (exact) mass is 229 g/mol. The Labute approximate surface area is 99.7 Å². The summed E-state index contributed by atoms with van der Waals surface area (Å²) in [6.07, 6.45) is 2.61. The summed E-state index contributed by atoms with van der Waals surface area (Å²) in [4.78, 5) is 4.76. The molecule has 1 heterocycles. The van der Waals surface area contributed by atoms with Crippen LogP contribution >= 0.6 is 0 Å². The Morgan fingerprint density at radius 1 is 1.38 bits per heavy atom. The molecule has 96 valence electrons. The average Bonchev–Trinajstić information content (AvgIpc) is 2.20. The van der Waals surface area contributed by atoms with Gasteiger partial charge >= 0.3 is 0 Å². The smallest absolute Gasteiger partial charge is 0.0626 e. The number of piperidine rings is 1. The van der Waals surface area contributed by atoms with Crippen LogP contribution in [0.15, 0.2) is 0 Å². The van der Waals surface area contributed by atoms with Crippen LogP contribution in [0.4, 0.5) is 0 Å². The number of hydrogen-bond donors (Lipinski definition) is 1. The maximum atomic E-state index is 5.96. The van der Waals surface area contributed by atoms with Gasteiger partial charge in [-0.15, -0.1) is 0 Å². The Morgan fingerprint density at radius 2 is 2.00 bits per heavy atom. The molecule has 0 aromatic heterocycles. The maximum absolute atomic E-state index is 5.96. The second-order valence-electron chi connectivity index (χ2n) is 5.22. The van der Waals surface area contributed by atoms with E-state index in [1.807, 2.05) is 0 Å². The van der Waals surface area contributed by atoms with Crippen LogP contribution in [0, 0.1) is 5.92 Å². The summed E-state index contributed by atoms with van der Waals surface area (Å²) in [5.74, 6) is 0.866. The number of rotatable bonds is 6. The Kier molecular flexibility index (Phi) is 6.28. The molecular weight excluding hydrogens is 202 g/mol. The van der Waals surface area contributed by atoms with E-state index in [0.717, 1.165) is 12.5 Å². The van der Waals surface area contributed by atoms with Gasteiger partial charge in [-0.3, -0.25) is 0 Å². The third-order valence-corrected chi connectivity index (χ3v) is 3.20. The Balaban J connectivity index is 2.16. The standard InChI is InChI=1S/C12H27N3O/c1-14(2)8-11-4-6-15(7-5-11)9-12(13)10-16-3/h11-12H,4-10,13H2,1-3H3. The van der Waals surface area contributed by atoms with Crippen molar-refractivity contribution in [1.82, 2.24) is 9.80 Å². The van der Waals surface area contributed by atoms with E-state index in [1.165, 1.54) is 32.5 Å². The van der Waals surface area contributed by atoms with E-state index in [2.05, 4.69) is 23.9 Å². The first-order valence-corrected chi connectivity index (χ1v) is 6.23. The fraction of sp³-hybridized carbons (Fsp3) is 1.00. The van der Waals surface area contributed by atoms with Crippen molar-refractivity contribution >= 4 is 0 Å². The molecule has 0 amide bonds. The molecule has 0 aromatic rings. The van der Waals surface area contributed by atoms with Gasteiger partial charge in [0.15, 0.2) is 0 Å². The molecule has 0 spiro atoms. The Bertz CT molecular complexity index is 179. The van der Waals surface area contributed by atoms with Crippen LogP contribution in [0.5, 0.6) is 0 Å². The van der Waals surface area contributed by atoms with Crippen molar-refractivity contribution in [2.45, 2.75) is 18.9 Å². The van der Waals surface area contributed by atoms with Crippen LogP contribution in [0.1, 0.15) is 12.8 Å². The number of likely N-dealkylation sites (tertiary alicyclic amines) is 1. The van der Waals surface area contributed by atoms with Crippen LogP contribution in [0.2, 0.25) is 0 Å². The molecule has 0 aliphatic carbocycles. The molecule has 1 saturated heterocycles. The minimum atomic E-state index is 0.162. The van der Waals surface area contributed by atoms with Crippen LogP contribution in [0.3, 0.4) is 0 Å². The second kappa shape index (κ2) is 7.22. The summed E-state index contributed by atoms with van der Waals surface area (Å²) in [6.45, 7) is 5.24. The molecule has 1 rings (SSSR count). The minimum absolute atomic E-state index is 0.162. The topological polar surface area (TPSA) is 41.7 Å². The van der Waals surface area contributed by atoms with Gasteiger partial charge in [-0.1, -0.05) is 0 Å². The molecule has 1 fully saturated rings. The molecule has 1 aliphatic heterocycles. The third-order valence-electron chi connectivity index (χ3n) is 3.20. The van der Waals surface area contributed by atoms with Crippen molar-refractivity contribution in [2.75, 3.05) is 54.0 Å². The third kappa shape index (κ3) is 5.25. The molecule has 1 unspecified atom stereocenters. The van der Waals surface area contributed by atoms with E-state index in [4.69, 9.17) is 10.5 Å². The van der Waals surface area contributed by atoms with E-state index in [9.17, 15) is 0 Å². The van der Waals surface area contributed by atoms with Gasteiger partial charge in [0.25, 0.3) is 0 Å². The highest BCUT2D eigenvalue weighted by molar-refractivity contribution is 4.76. The van der Waals surface area contributed by atoms with Crippen LogP contribution < -0.4 is 5.73 Å². The largest absolute Gasteiger partial charge is 0.383 e. The van der Waals surface area contributed by atoms with Crippen LogP contribution in [0.25, 0.3) is 0 Å². The van der Waals surface area contributed by atoms with Gasteiger partial charge in [0.2, 0.25) is 0 Å². The van der Waals surface area contributed by atoms with Gasteiger partial charge in [-0.05, 0) is 45.9 Å². The first-order valence-electron chi connectivity index (χ1n) is 6.23. The molecule has 0 radical (unpaired) electrons. The van der Waals surface area contributed by atoms with Crippen LogP contribution in [-0.4, -0.2) is 69.8 Å². The maximum Gasteiger partial charge on any atom is 0.0626 e. The van der Waals surface area contributed by atoms with E-state index in [0.29, 0.717) is 6.61 Å². The van der Waals surface area contributed by atoms with Crippen molar-refractivity contribution in [3.63, 3.8) is 0 Å². The number of ether oxygens (including phenoxy) is 1.